The Bertz CT molecular complexity index is 390. The van der Waals surface area contributed by atoms with Crippen LogP contribution < -0.4 is 0 Å². The van der Waals surface area contributed by atoms with Crippen LogP contribution in [0.4, 0.5) is 8.78 Å². The first-order chi connectivity index (χ1) is 13.6. The van der Waals surface area contributed by atoms with Crippen LogP contribution in [0.3, 0.4) is 0 Å². The molecule has 3 aliphatic heterocycles. The Labute approximate surface area is 180 Å². The van der Waals surface area contributed by atoms with E-state index in [-0.39, 0.29) is 6.04 Å². The first-order valence-corrected chi connectivity index (χ1v) is 12.1. The molecular formula is C24H49F2N3. The zero-order valence-electron chi connectivity index (χ0n) is 20.5. The van der Waals surface area contributed by atoms with Crippen molar-refractivity contribution < 1.29 is 8.78 Å². The fourth-order valence-corrected chi connectivity index (χ4v) is 5.17. The summed E-state index contributed by atoms with van der Waals surface area (Å²) < 4.78 is 24.6. The molecule has 3 nitrogen and oxygen atoms in total. The van der Waals surface area contributed by atoms with Crippen molar-refractivity contribution in [2.75, 3.05) is 19.6 Å². The Balaban J connectivity index is 0.000000219. The molecule has 0 amide bonds. The zero-order valence-corrected chi connectivity index (χ0v) is 20.5. The SMILES string of the molecule is CC(C)N1CCC[C@@H]1C.CC(C)N1CCC[C@@H]1C(F)F.CC(C)N1CCC[C@H]1C. The van der Waals surface area contributed by atoms with Crippen LogP contribution in [-0.4, -0.2) is 77.0 Å². The fourth-order valence-electron chi connectivity index (χ4n) is 5.17. The van der Waals surface area contributed by atoms with E-state index in [1.165, 1.54) is 38.8 Å². The molecule has 0 unspecified atom stereocenters. The van der Waals surface area contributed by atoms with E-state index in [9.17, 15) is 8.78 Å². The molecule has 3 aliphatic rings. The lowest BCUT2D eigenvalue weighted by Crippen LogP contribution is -2.39. The van der Waals surface area contributed by atoms with E-state index in [0.717, 1.165) is 37.1 Å². The van der Waals surface area contributed by atoms with E-state index in [1.54, 1.807) is 0 Å². The van der Waals surface area contributed by atoms with E-state index in [2.05, 4.69) is 51.3 Å². The van der Waals surface area contributed by atoms with Gasteiger partial charge < -0.3 is 0 Å². The fraction of sp³-hybridized carbons (Fsp3) is 1.00. The van der Waals surface area contributed by atoms with Crippen molar-refractivity contribution in [2.24, 2.45) is 0 Å². The summed E-state index contributed by atoms with van der Waals surface area (Å²) in [7, 11) is 0. The van der Waals surface area contributed by atoms with Crippen molar-refractivity contribution in [2.45, 2.75) is 137 Å². The number of halogens is 2. The molecule has 0 spiro atoms. The van der Waals surface area contributed by atoms with Gasteiger partial charge in [0.1, 0.15) is 0 Å². The van der Waals surface area contributed by atoms with Crippen LogP contribution in [0.25, 0.3) is 0 Å². The molecule has 174 valence electrons. The first kappa shape index (κ1) is 26.8. The normalized spacial score (nSPS) is 29.0. The smallest absolute Gasteiger partial charge is 0.253 e. The Kier molecular flexibility index (Phi) is 12.2. The molecule has 3 fully saturated rings. The molecule has 0 aromatic carbocycles. The summed E-state index contributed by atoms with van der Waals surface area (Å²) in [6.07, 6.45) is 5.03. The minimum atomic E-state index is -2.17. The van der Waals surface area contributed by atoms with Crippen molar-refractivity contribution in [3.8, 4) is 0 Å². The summed E-state index contributed by atoms with van der Waals surface area (Å²) in [6.45, 7) is 21.2. The van der Waals surface area contributed by atoms with Gasteiger partial charge in [0, 0.05) is 30.2 Å². The van der Waals surface area contributed by atoms with Gasteiger partial charge in [-0.15, -0.1) is 0 Å². The molecule has 0 N–H and O–H groups in total. The number of nitrogens with zero attached hydrogens (tertiary/aromatic N) is 3. The van der Waals surface area contributed by atoms with Crippen LogP contribution in [0.15, 0.2) is 0 Å². The standard InChI is InChI=1S/C8H15F2N.2C8H17N/c1-6(2)11-5-3-4-7(11)8(9)10;2*1-7(2)9-6-4-5-8(9)3/h6-8H,3-5H2,1-2H3;2*7-8H,4-6H2,1-3H3/t7-;2*8-/m110/s1. The van der Waals surface area contributed by atoms with Gasteiger partial charge in [-0.3, -0.25) is 14.7 Å². The second kappa shape index (κ2) is 13.2. The Hall–Kier alpha value is -0.260. The Morgan fingerprint density at radius 1 is 0.586 bits per heavy atom. The van der Waals surface area contributed by atoms with Gasteiger partial charge in [0.25, 0.3) is 6.43 Å². The van der Waals surface area contributed by atoms with Crippen molar-refractivity contribution in [3.63, 3.8) is 0 Å². The highest BCUT2D eigenvalue weighted by atomic mass is 19.3. The molecule has 0 aromatic rings. The third-order valence-corrected chi connectivity index (χ3v) is 6.83. The van der Waals surface area contributed by atoms with Gasteiger partial charge in [0.15, 0.2) is 0 Å². The monoisotopic (exact) mass is 417 g/mol. The summed E-state index contributed by atoms with van der Waals surface area (Å²) in [5.41, 5.74) is 0. The van der Waals surface area contributed by atoms with E-state index >= 15 is 0 Å². The van der Waals surface area contributed by atoms with Gasteiger partial charge in [-0.25, -0.2) is 8.78 Å². The van der Waals surface area contributed by atoms with Crippen LogP contribution in [0.1, 0.15) is 93.9 Å². The van der Waals surface area contributed by atoms with Crippen LogP contribution in [0, 0.1) is 0 Å². The molecule has 0 radical (unpaired) electrons. The quantitative estimate of drug-likeness (QED) is 0.565. The molecule has 0 saturated carbocycles. The average Bonchev–Trinajstić information content (AvgIpc) is 3.35. The molecule has 5 heteroatoms. The predicted molar refractivity (Wildman–Crippen MR) is 122 cm³/mol. The lowest BCUT2D eigenvalue weighted by Gasteiger charge is -2.27. The predicted octanol–water partition coefficient (Wildman–Crippen LogP) is 5.88. The second-order valence-electron chi connectivity index (χ2n) is 10.0. The van der Waals surface area contributed by atoms with Gasteiger partial charge in [-0.1, -0.05) is 0 Å². The summed E-state index contributed by atoms with van der Waals surface area (Å²) >= 11 is 0. The highest BCUT2D eigenvalue weighted by Gasteiger charge is 2.33. The Morgan fingerprint density at radius 3 is 1.14 bits per heavy atom. The van der Waals surface area contributed by atoms with E-state index < -0.39 is 12.5 Å². The van der Waals surface area contributed by atoms with Crippen molar-refractivity contribution in [3.05, 3.63) is 0 Å². The van der Waals surface area contributed by atoms with Gasteiger partial charge in [-0.05, 0) is 114 Å². The van der Waals surface area contributed by atoms with Crippen LogP contribution >= 0.6 is 0 Å². The number of alkyl halides is 2. The number of rotatable bonds is 4. The van der Waals surface area contributed by atoms with Gasteiger partial charge in [0.05, 0.1) is 6.04 Å². The lowest BCUT2D eigenvalue weighted by molar-refractivity contribution is 0.0339. The third-order valence-electron chi connectivity index (χ3n) is 6.83. The summed E-state index contributed by atoms with van der Waals surface area (Å²) in [5.74, 6) is 0. The van der Waals surface area contributed by atoms with E-state index in [4.69, 9.17) is 0 Å². The summed E-state index contributed by atoms with van der Waals surface area (Å²) in [5, 5.41) is 0. The minimum Gasteiger partial charge on any atom is -0.298 e. The highest BCUT2D eigenvalue weighted by molar-refractivity contribution is 4.83. The highest BCUT2D eigenvalue weighted by Crippen LogP contribution is 2.24. The maximum absolute atomic E-state index is 12.3. The van der Waals surface area contributed by atoms with Crippen LogP contribution in [0.2, 0.25) is 0 Å². The largest absolute Gasteiger partial charge is 0.298 e. The molecular weight excluding hydrogens is 368 g/mol. The average molecular weight is 418 g/mol. The molecule has 3 rings (SSSR count). The van der Waals surface area contributed by atoms with E-state index in [1.807, 2.05) is 18.7 Å². The van der Waals surface area contributed by atoms with Gasteiger partial charge in [0.2, 0.25) is 0 Å². The maximum atomic E-state index is 12.3. The molecule has 3 saturated heterocycles. The zero-order chi connectivity index (χ0) is 22.1. The number of hydrogen-bond donors (Lipinski definition) is 0. The molecule has 29 heavy (non-hydrogen) atoms. The minimum absolute atomic E-state index is 0.261. The first-order valence-electron chi connectivity index (χ1n) is 12.1. The van der Waals surface area contributed by atoms with E-state index in [0.29, 0.717) is 6.42 Å². The third kappa shape index (κ3) is 8.78. The molecule has 0 aromatic heterocycles. The number of likely N-dealkylation sites (tertiary alicyclic amines) is 3. The molecule has 3 atom stereocenters. The van der Waals surface area contributed by atoms with Gasteiger partial charge in [-0.2, -0.15) is 0 Å². The molecule has 3 heterocycles. The van der Waals surface area contributed by atoms with Crippen LogP contribution in [0.5, 0.6) is 0 Å². The summed E-state index contributed by atoms with van der Waals surface area (Å²) in [4.78, 5) is 7.03. The summed E-state index contributed by atoms with van der Waals surface area (Å²) in [6, 6.07) is 2.96. The molecule has 0 aliphatic carbocycles. The topological polar surface area (TPSA) is 9.72 Å². The van der Waals surface area contributed by atoms with Crippen molar-refractivity contribution in [1.82, 2.24) is 14.7 Å². The maximum Gasteiger partial charge on any atom is 0.253 e. The number of hydrogen-bond acceptors (Lipinski definition) is 3. The Morgan fingerprint density at radius 2 is 0.931 bits per heavy atom. The van der Waals surface area contributed by atoms with Crippen molar-refractivity contribution >= 4 is 0 Å². The van der Waals surface area contributed by atoms with Crippen molar-refractivity contribution in [1.29, 1.82) is 0 Å². The van der Waals surface area contributed by atoms with Gasteiger partial charge >= 0.3 is 0 Å². The lowest BCUT2D eigenvalue weighted by atomic mass is 10.2. The molecule has 0 bridgehead atoms. The van der Waals surface area contributed by atoms with Crippen LogP contribution in [-0.2, 0) is 0 Å². The second-order valence-corrected chi connectivity index (χ2v) is 10.0.